The highest BCUT2D eigenvalue weighted by Gasteiger charge is 2.23. The van der Waals surface area contributed by atoms with Crippen molar-refractivity contribution in [3.63, 3.8) is 0 Å². The van der Waals surface area contributed by atoms with Crippen molar-refractivity contribution >= 4 is 40.1 Å². The number of benzene rings is 4. The van der Waals surface area contributed by atoms with Gasteiger partial charge in [0.15, 0.2) is 11.0 Å². The van der Waals surface area contributed by atoms with Crippen molar-refractivity contribution in [3.8, 4) is 17.0 Å². The molecule has 1 aromatic heterocycles. The Hall–Kier alpha value is -3.88. The summed E-state index contributed by atoms with van der Waals surface area (Å²) in [6, 6.07) is 30.8. The van der Waals surface area contributed by atoms with Crippen LogP contribution < -0.4 is 20.5 Å². The van der Waals surface area contributed by atoms with Crippen LogP contribution >= 0.6 is 23.5 Å². The Kier molecular flexibility index (Phi) is 10.6. The lowest BCUT2D eigenvalue weighted by molar-refractivity contribution is 0.211. The van der Waals surface area contributed by atoms with Crippen molar-refractivity contribution in [2.75, 3.05) is 25.0 Å². The molecule has 0 radical (unpaired) electrons. The highest BCUT2D eigenvalue weighted by Crippen LogP contribution is 2.29. The molecule has 2 N–H and O–H groups in total. The van der Waals surface area contributed by atoms with Crippen LogP contribution in [-0.2, 0) is 19.6 Å². The van der Waals surface area contributed by atoms with Crippen molar-refractivity contribution in [1.82, 2.24) is 19.8 Å². The molecule has 0 atom stereocenters. The maximum atomic E-state index is 14.1. The molecule has 9 heteroatoms. The van der Waals surface area contributed by atoms with Gasteiger partial charge in [-0.15, -0.1) is 0 Å². The van der Waals surface area contributed by atoms with Crippen LogP contribution in [0.5, 0.6) is 5.75 Å². The van der Waals surface area contributed by atoms with Crippen LogP contribution in [0.2, 0.25) is 5.15 Å². The normalized spacial score (nSPS) is 14.1. The number of rotatable bonds is 12. The summed E-state index contributed by atoms with van der Waals surface area (Å²) in [7, 11) is 0. The Morgan fingerprint density at radius 3 is 2.28 bits per heavy atom. The number of hydrogen-bond acceptors (Lipinski definition) is 6. The van der Waals surface area contributed by atoms with Gasteiger partial charge in [0.05, 0.1) is 12.2 Å². The quantitative estimate of drug-likeness (QED) is 0.133. The minimum Gasteiger partial charge on any atom is -0.386 e. The van der Waals surface area contributed by atoms with Gasteiger partial charge >= 0.3 is 0 Å². The Balaban J connectivity index is 1.20. The first kappa shape index (κ1) is 32.1. The smallest absolute Gasteiger partial charge is 0.294 e. The molecule has 1 aliphatic rings. The zero-order valence-electron chi connectivity index (χ0n) is 26.0. The number of aromatic nitrogens is 2. The van der Waals surface area contributed by atoms with Crippen LogP contribution in [0.25, 0.3) is 22.0 Å². The molecule has 7 nitrogen and oxygen atoms in total. The summed E-state index contributed by atoms with van der Waals surface area (Å²) in [6.45, 7) is 6.98. The molecule has 1 aliphatic heterocycles. The van der Waals surface area contributed by atoms with Crippen LogP contribution in [0.1, 0.15) is 42.9 Å². The van der Waals surface area contributed by atoms with E-state index in [1.807, 2.05) is 24.3 Å². The minimum atomic E-state index is -0.204. The molecule has 4 aromatic carbocycles. The van der Waals surface area contributed by atoms with Gasteiger partial charge in [0.2, 0.25) is 0 Å². The second kappa shape index (κ2) is 15.1. The minimum absolute atomic E-state index is 0.124. The second-order valence-electron chi connectivity index (χ2n) is 12.0. The zero-order chi connectivity index (χ0) is 31.9. The first-order valence-electron chi connectivity index (χ1n) is 15.9. The van der Waals surface area contributed by atoms with E-state index in [4.69, 9.17) is 27.8 Å². The summed E-state index contributed by atoms with van der Waals surface area (Å²) < 4.78 is 6.53. The van der Waals surface area contributed by atoms with E-state index in [0.717, 1.165) is 68.7 Å². The maximum Gasteiger partial charge on any atom is 0.294 e. The van der Waals surface area contributed by atoms with E-state index < -0.39 is 0 Å². The van der Waals surface area contributed by atoms with Gasteiger partial charge in [-0.05, 0) is 71.5 Å². The second-order valence-corrected chi connectivity index (χ2v) is 12.5. The number of halogens is 2. The highest BCUT2D eigenvalue weighted by molar-refractivity contribution is 6.32. The monoisotopic (exact) mass is 655 g/mol. The van der Waals surface area contributed by atoms with Crippen LogP contribution in [-0.4, -0.2) is 40.1 Å². The highest BCUT2D eigenvalue weighted by atomic mass is 35.5. The van der Waals surface area contributed by atoms with Crippen molar-refractivity contribution in [1.29, 1.82) is 0 Å². The Bertz CT molecular complexity index is 1820. The summed E-state index contributed by atoms with van der Waals surface area (Å²) in [5.74, 6) is 0.815. The van der Waals surface area contributed by atoms with E-state index in [9.17, 15) is 4.79 Å². The lowest BCUT2D eigenvalue weighted by Gasteiger charge is -2.32. The molecule has 0 saturated carbocycles. The van der Waals surface area contributed by atoms with Crippen molar-refractivity contribution in [3.05, 3.63) is 123 Å². The fraction of sp³-hybridized carbons (Fsp3) is 0.297. The molecular formula is C37H39Cl2N5O2. The summed E-state index contributed by atoms with van der Waals surface area (Å²) in [4.78, 5) is 21.2. The predicted molar refractivity (Wildman–Crippen MR) is 189 cm³/mol. The number of anilines is 1. The van der Waals surface area contributed by atoms with Gasteiger partial charge in [0.25, 0.3) is 5.56 Å². The number of nitrogens with zero attached hydrogens (tertiary/aromatic N) is 3. The van der Waals surface area contributed by atoms with Gasteiger partial charge in [-0.25, -0.2) is 4.98 Å². The molecule has 238 valence electrons. The Labute approximate surface area is 280 Å². The van der Waals surface area contributed by atoms with E-state index in [1.165, 1.54) is 16.3 Å². The molecule has 0 unspecified atom stereocenters. The fourth-order valence-electron chi connectivity index (χ4n) is 6.10. The molecular weight excluding hydrogens is 617 g/mol. The van der Waals surface area contributed by atoms with E-state index in [-0.39, 0.29) is 22.6 Å². The van der Waals surface area contributed by atoms with Crippen molar-refractivity contribution in [2.45, 2.75) is 51.9 Å². The van der Waals surface area contributed by atoms with Crippen LogP contribution in [0.15, 0.2) is 95.8 Å². The van der Waals surface area contributed by atoms with Crippen molar-refractivity contribution < 1.29 is 4.29 Å². The number of hydrogen-bond donors (Lipinski definition) is 2. The molecule has 1 saturated heterocycles. The molecule has 5 aromatic rings. The largest absolute Gasteiger partial charge is 0.386 e. The molecule has 0 amide bonds. The summed E-state index contributed by atoms with van der Waals surface area (Å²) in [6.07, 6.45) is 2.89. The summed E-state index contributed by atoms with van der Waals surface area (Å²) in [5.41, 5.74) is 4.61. The molecule has 0 aliphatic carbocycles. The molecule has 2 heterocycles. The number of nitrogens with one attached hydrogen (secondary N) is 2. The van der Waals surface area contributed by atoms with Gasteiger partial charge < -0.3 is 14.9 Å². The molecule has 0 bridgehead atoms. The third-order valence-electron chi connectivity index (χ3n) is 8.61. The third kappa shape index (κ3) is 7.73. The lowest BCUT2D eigenvalue weighted by atomic mass is 10.0. The number of likely N-dealkylation sites (tertiary alicyclic amines) is 1. The van der Waals surface area contributed by atoms with E-state index in [0.29, 0.717) is 18.0 Å². The molecule has 1 fully saturated rings. The van der Waals surface area contributed by atoms with Gasteiger partial charge in [-0.3, -0.25) is 14.3 Å². The summed E-state index contributed by atoms with van der Waals surface area (Å²) >= 11 is 12.4. The molecule has 6 rings (SSSR count). The van der Waals surface area contributed by atoms with Gasteiger partial charge in [-0.2, -0.15) is 0 Å². The summed E-state index contributed by atoms with van der Waals surface area (Å²) in [5, 5.41) is 9.70. The van der Waals surface area contributed by atoms with Crippen LogP contribution in [0.4, 0.5) is 5.82 Å². The third-order valence-corrected chi connectivity index (χ3v) is 9.05. The first-order valence-corrected chi connectivity index (χ1v) is 16.6. The van der Waals surface area contributed by atoms with E-state index in [1.54, 1.807) is 16.7 Å². The van der Waals surface area contributed by atoms with Gasteiger partial charge in [-0.1, -0.05) is 91.3 Å². The topological polar surface area (TPSA) is 71.4 Å². The van der Waals surface area contributed by atoms with E-state index in [2.05, 4.69) is 82.0 Å². The fourth-order valence-corrected chi connectivity index (χ4v) is 6.50. The first-order chi connectivity index (χ1) is 22.5. The van der Waals surface area contributed by atoms with Crippen LogP contribution in [0.3, 0.4) is 0 Å². The van der Waals surface area contributed by atoms with Gasteiger partial charge in [0, 0.05) is 37.8 Å². The number of fused-ring (bicyclic) bond motifs is 1. The SMILES string of the molecule is CCCNCc1ccc(-c2c(Cl)nc(NC3CCN(Cc4ccc5ccccc5c4)CC3)c(=O)n2Cc2ccc(OCl)cc2)cc1. The Morgan fingerprint density at radius 2 is 1.57 bits per heavy atom. The predicted octanol–water partition coefficient (Wildman–Crippen LogP) is 7.87. The molecule has 0 spiro atoms. The Morgan fingerprint density at radius 1 is 0.870 bits per heavy atom. The maximum absolute atomic E-state index is 14.1. The van der Waals surface area contributed by atoms with Crippen LogP contribution in [0, 0.1) is 0 Å². The number of piperidine rings is 1. The lowest BCUT2D eigenvalue weighted by Crippen LogP contribution is -2.40. The average molecular weight is 657 g/mol. The standard InChI is InChI=1S/C37H39Cl2N5O2/c1-2-19-40-23-26-7-13-30(14-8-26)34-35(38)42-36(37(45)44(34)25-27-10-15-33(46-39)16-11-27)41-32-17-20-43(21-18-32)24-28-9-12-29-5-3-4-6-31(29)22-28/h3-16,22,32,40H,2,17-21,23-25H2,1H3,(H,41,42). The van der Waals surface area contributed by atoms with Gasteiger partial charge in [0.1, 0.15) is 17.6 Å². The average Bonchev–Trinajstić information content (AvgIpc) is 3.09. The van der Waals surface area contributed by atoms with E-state index >= 15 is 0 Å². The van der Waals surface area contributed by atoms with Crippen molar-refractivity contribution in [2.24, 2.45) is 0 Å². The zero-order valence-corrected chi connectivity index (χ0v) is 27.5. The molecule has 46 heavy (non-hydrogen) atoms.